The molecule has 1 aliphatic carbocycles. The van der Waals surface area contributed by atoms with Crippen LogP contribution in [-0.4, -0.2) is 15.9 Å². The summed E-state index contributed by atoms with van der Waals surface area (Å²) in [5, 5.41) is 5.90. The molecule has 1 atom stereocenters. The van der Waals surface area contributed by atoms with Crippen LogP contribution in [0, 0.1) is 11.7 Å². The first-order valence-electron chi connectivity index (χ1n) is 10.7. The van der Waals surface area contributed by atoms with Gasteiger partial charge in [-0.2, -0.15) is 17.6 Å². The fraction of sp³-hybridized carbons (Fsp3) is 0.292. The van der Waals surface area contributed by atoms with Gasteiger partial charge in [0.2, 0.25) is 11.7 Å². The number of aromatic nitrogens is 2. The van der Waals surface area contributed by atoms with Gasteiger partial charge in [0.1, 0.15) is 6.33 Å². The van der Waals surface area contributed by atoms with E-state index in [0.717, 1.165) is 36.1 Å². The molecule has 0 bridgehead atoms. The highest BCUT2D eigenvalue weighted by atomic mass is 19.4. The largest absolute Gasteiger partial charge is 0.416 e. The highest BCUT2D eigenvalue weighted by molar-refractivity contribution is 5.76. The Bertz CT molecular complexity index is 1160. The van der Waals surface area contributed by atoms with Gasteiger partial charge in [0.25, 0.3) is 0 Å². The topological polar surface area (TPSA) is 92.9 Å². The summed E-state index contributed by atoms with van der Waals surface area (Å²) in [5.41, 5.74) is 6.48. The monoisotopic (exact) mass is 473 g/mol. The van der Waals surface area contributed by atoms with Gasteiger partial charge in [0.05, 0.1) is 18.0 Å². The summed E-state index contributed by atoms with van der Waals surface area (Å²) in [4.78, 5) is 18.9. The number of carbonyl (C=O) groups excluding carboxylic acids is 1. The van der Waals surface area contributed by atoms with Crippen molar-refractivity contribution in [2.75, 3.05) is 10.6 Å². The number of primary amides is 1. The molecule has 1 aliphatic rings. The Morgan fingerprint density at radius 2 is 1.74 bits per heavy atom. The Labute approximate surface area is 193 Å². The lowest BCUT2D eigenvalue weighted by molar-refractivity contribution is -0.137. The van der Waals surface area contributed by atoms with Gasteiger partial charge in [-0.05, 0) is 47.6 Å². The summed E-state index contributed by atoms with van der Waals surface area (Å²) >= 11 is 0. The van der Waals surface area contributed by atoms with Crippen molar-refractivity contribution in [1.29, 1.82) is 0 Å². The van der Waals surface area contributed by atoms with Crippen LogP contribution in [-0.2, 0) is 23.9 Å². The second-order valence-corrected chi connectivity index (χ2v) is 8.28. The number of hydrogen-bond acceptors (Lipinski definition) is 5. The number of rotatable bonds is 9. The molecule has 6 nitrogen and oxygen atoms in total. The van der Waals surface area contributed by atoms with Gasteiger partial charge in [0.15, 0.2) is 11.6 Å². The molecule has 10 heteroatoms. The fourth-order valence-electron chi connectivity index (χ4n) is 3.71. The van der Waals surface area contributed by atoms with Gasteiger partial charge in [-0.15, -0.1) is 0 Å². The Kier molecular flexibility index (Phi) is 6.67. The molecule has 4 N–H and O–H groups in total. The highest BCUT2D eigenvalue weighted by Gasteiger charge is 2.36. The number of nitrogens with zero attached hydrogens (tertiary/aromatic N) is 2. The average Bonchev–Trinajstić information content (AvgIpc) is 3.63. The Hall–Kier alpha value is -3.69. The van der Waals surface area contributed by atoms with Crippen molar-refractivity contribution < 1.29 is 22.4 Å². The van der Waals surface area contributed by atoms with Crippen LogP contribution in [0.15, 0.2) is 54.9 Å². The number of alkyl halides is 3. The lowest BCUT2D eigenvalue weighted by Crippen LogP contribution is -2.17. The smallest absolute Gasteiger partial charge is 0.369 e. The summed E-state index contributed by atoms with van der Waals surface area (Å²) in [6.07, 6.45) is -1.47. The lowest BCUT2D eigenvalue weighted by atomic mass is 10.00. The molecular weight excluding hydrogens is 450 g/mol. The average molecular weight is 473 g/mol. The van der Waals surface area contributed by atoms with Crippen molar-refractivity contribution in [3.05, 3.63) is 82.9 Å². The number of benzene rings is 2. The lowest BCUT2D eigenvalue weighted by Gasteiger charge is -2.21. The molecule has 34 heavy (non-hydrogen) atoms. The SMILES string of the molecule is NC(=O)Cc1ccc(CNc2ncnc(NC(c3cccc(C(F)(F)F)c3)C3CC3)c2F)cc1. The van der Waals surface area contributed by atoms with Crippen molar-refractivity contribution in [3.8, 4) is 0 Å². The van der Waals surface area contributed by atoms with Crippen LogP contribution >= 0.6 is 0 Å². The van der Waals surface area contributed by atoms with E-state index in [9.17, 15) is 18.0 Å². The Morgan fingerprint density at radius 3 is 2.38 bits per heavy atom. The molecule has 2 aromatic carbocycles. The van der Waals surface area contributed by atoms with Crippen molar-refractivity contribution in [1.82, 2.24) is 9.97 Å². The number of nitrogens with one attached hydrogen (secondary N) is 2. The molecule has 1 amide bonds. The van der Waals surface area contributed by atoms with E-state index in [0.29, 0.717) is 5.56 Å². The predicted molar refractivity (Wildman–Crippen MR) is 119 cm³/mol. The van der Waals surface area contributed by atoms with Crippen LogP contribution in [0.5, 0.6) is 0 Å². The summed E-state index contributed by atoms with van der Waals surface area (Å²) in [7, 11) is 0. The summed E-state index contributed by atoms with van der Waals surface area (Å²) in [5.74, 6) is -1.16. The minimum absolute atomic E-state index is 0.0303. The number of anilines is 2. The van der Waals surface area contributed by atoms with Crippen LogP contribution in [0.25, 0.3) is 0 Å². The zero-order valence-corrected chi connectivity index (χ0v) is 18.1. The minimum atomic E-state index is -4.46. The maximum Gasteiger partial charge on any atom is 0.416 e. The van der Waals surface area contributed by atoms with Crippen molar-refractivity contribution in [2.45, 2.75) is 38.0 Å². The molecule has 1 aromatic heterocycles. The van der Waals surface area contributed by atoms with Crippen LogP contribution in [0.3, 0.4) is 0 Å². The summed E-state index contributed by atoms with van der Waals surface area (Å²) in [6, 6.07) is 11.7. The number of hydrogen-bond donors (Lipinski definition) is 3. The molecule has 1 saturated carbocycles. The Morgan fingerprint density at radius 1 is 1.06 bits per heavy atom. The number of carbonyl (C=O) groups is 1. The minimum Gasteiger partial charge on any atom is -0.369 e. The number of halogens is 4. The summed E-state index contributed by atoms with van der Waals surface area (Å²) < 4.78 is 54.6. The van der Waals surface area contributed by atoms with E-state index >= 15 is 4.39 Å². The van der Waals surface area contributed by atoms with E-state index in [-0.39, 0.29) is 30.5 Å². The van der Waals surface area contributed by atoms with E-state index in [4.69, 9.17) is 5.73 Å². The zero-order valence-electron chi connectivity index (χ0n) is 18.1. The maximum atomic E-state index is 15.1. The van der Waals surface area contributed by atoms with Gasteiger partial charge >= 0.3 is 6.18 Å². The highest BCUT2D eigenvalue weighted by Crippen LogP contribution is 2.44. The molecule has 3 aromatic rings. The molecular formula is C24H23F4N5O. The van der Waals surface area contributed by atoms with Gasteiger partial charge < -0.3 is 16.4 Å². The maximum absolute atomic E-state index is 15.1. The molecule has 0 aliphatic heterocycles. The molecule has 1 heterocycles. The standard InChI is InChI=1S/C24H23F4N5O/c25-20-22(30-12-15-6-4-14(5-7-15)10-19(29)34)31-13-32-23(20)33-21(16-8-9-16)17-2-1-3-18(11-17)24(26,27)28/h1-7,11,13,16,21H,8-10,12H2,(H2,29,34)(H2,30,31,32,33). The van der Waals surface area contributed by atoms with Gasteiger partial charge in [-0.3, -0.25) is 4.79 Å². The zero-order chi connectivity index (χ0) is 24.3. The molecule has 0 spiro atoms. The van der Waals surface area contributed by atoms with E-state index in [1.165, 1.54) is 12.4 Å². The first-order chi connectivity index (χ1) is 16.2. The van der Waals surface area contributed by atoms with Gasteiger partial charge in [-0.1, -0.05) is 36.4 Å². The van der Waals surface area contributed by atoms with E-state index in [2.05, 4.69) is 20.6 Å². The van der Waals surface area contributed by atoms with Gasteiger partial charge in [-0.25, -0.2) is 9.97 Å². The molecule has 1 unspecified atom stereocenters. The molecule has 178 valence electrons. The molecule has 1 fully saturated rings. The second-order valence-electron chi connectivity index (χ2n) is 8.28. The Balaban J connectivity index is 1.48. The van der Waals surface area contributed by atoms with Crippen LogP contribution in [0.4, 0.5) is 29.2 Å². The van der Waals surface area contributed by atoms with E-state index < -0.39 is 29.5 Å². The fourth-order valence-corrected chi connectivity index (χ4v) is 3.71. The molecule has 0 saturated heterocycles. The van der Waals surface area contributed by atoms with E-state index in [1.807, 2.05) is 0 Å². The quantitative estimate of drug-likeness (QED) is 0.387. The molecule has 0 radical (unpaired) electrons. The first kappa shape index (κ1) is 23.5. The normalized spacial score (nSPS) is 14.5. The third-order valence-electron chi connectivity index (χ3n) is 5.61. The van der Waals surface area contributed by atoms with Crippen molar-refractivity contribution in [2.24, 2.45) is 11.7 Å². The third kappa shape index (κ3) is 5.81. The van der Waals surface area contributed by atoms with E-state index in [1.54, 1.807) is 30.3 Å². The van der Waals surface area contributed by atoms with Crippen LogP contribution in [0.1, 0.15) is 41.1 Å². The van der Waals surface area contributed by atoms with Crippen LogP contribution < -0.4 is 16.4 Å². The van der Waals surface area contributed by atoms with Crippen molar-refractivity contribution in [3.63, 3.8) is 0 Å². The molecule has 4 rings (SSSR count). The number of amides is 1. The first-order valence-corrected chi connectivity index (χ1v) is 10.7. The third-order valence-corrected chi connectivity index (χ3v) is 5.61. The van der Waals surface area contributed by atoms with Gasteiger partial charge in [0, 0.05) is 6.54 Å². The predicted octanol–water partition coefficient (Wildman–Crippen LogP) is 4.84. The van der Waals surface area contributed by atoms with Crippen LogP contribution in [0.2, 0.25) is 0 Å². The van der Waals surface area contributed by atoms with Crippen molar-refractivity contribution >= 4 is 17.5 Å². The number of nitrogens with two attached hydrogens (primary N) is 1. The second kappa shape index (κ2) is 9.66. The summed E-state index contributed by atoms with van der Waals surface area (Å²) in [6.45, 7) is 0.268.